The monoisotopic (exact) mass is 444 g/mol. The molecule has 0 unspecified atom stereocenters. The van der Waals surface area contributed by atoms with Crippen LogP contribution in [0.1, 0.15) is 50.2 Å². The van der Waals surface area contributed by atoms with E-state index >= 15 is 0 Å². The van der Waals surface area contributed by atoms with E-state index in [4.69, 9.17) is 11.6 Å². The van der Waals surface area contributed by atoms with Gasteiger partial charge in [0.1, 0.15) is 11.9 Å². The minimum atomic E-state index is -0.595. The van der Waals surface area contributed by atoms with Crippen LogP contribution < -0.4 is 5.32 Å². The fourth-order valence-corrected chi connectivity index (χ4v) is 4.45. The van der Waals surface area contributed by atoms with E-state index in [-0.39, 0.29) is 34.9 Å². The van der Waals surface area contributed by atoms with E-state index in [1.807, 2.05) is 37.3 Å². The molecule has 0 bridgehead atoms. The van der Waals surface area contributed by atoms with Gasteiger partial charge in [-0.15, -0.1) is 0 Å². The van der Waals surface area contributed by atoms with Crippen molar-refractivity contribution in [2.24, 2.45) is 0 Å². The predicted molar refractivity (Wildman–Crippen MR) is 121 cm³/mol. The highest BCUT2D eigenvalue weighted by Crippen LogP contribution is 2.22. The van der Waals surface area contributed by atoms with Crippen LogP contribution in [0.4, 0.5) is 4.39 Å². The Hall–Kier alpha value is -2.40. The van der Waals surface area contributed by atoms with Crippen LogP contribution in [-0.4, -0.2) is 35.3 Å². The maximum Gasteiger partial charge on any atom is 0.243 e. The maximum absolute atomic E-state index is 14.3. The van der Waals surface area contributed by atoms with Crippen molar-refractivity contribution >= 4 is 23.4 Å². The summed E-state index contributed by atoms with van der Waals surface area (Å²) in [6.45, 7) is 2.28. The van der Waals surface area contributed by atoms with Gasteiger partial charge in [0.25, 0.3) is 0 Å². The van der Waals surface area contributed by atoms with Gasteiger partial charge in [-0.3, -0.25) is 9.59 Å². The molecule has 31 heavy (non-hydrogen) atoms. The third-order valence-corrected chi connectivity index (χ3v) is 6.32. The standard InChI is InChI=1S/C25H30ClFN2O2/c1-2-23(25(31)28-19-11-6-7-12-19)29(16-15-18-9-4-3-5-10-18)24(30)17-20-21(26)13-8-14-22(20)27/h3-5,8-10,13-14,19,23H,2,6-7,11-12,15-17H2,1H3,(H,28,31)/t23-/m0/s1. The summed E-state index contributed by atoms with van der Waals surface area (Å²) in [5, 5.41) is 3.34. The zero-order valence-electron chi connectivity index (χ0n) is 17.9. The largest absolute Gasteiger partial charge is 0.352 e. The molecule has 0 saturated heterocycles. The zero-order chi connectivity index (χ0) is 22.2. The Balaban J connectivity index is 1.79. The summed E-state index contributed by atoms with van der Waals surface area (Å²) in [6, 6.07) is 13.8. The Bertz CT molecular complexity index is 864. The molecule has 0 spiro atoms. The predicted octanol–water partition coefficient (Wildman–Crippen LogP) is 4.93. The van der Waals surface area contributed by atoms with Gasteiger partial charge in [0, 0.05) is 23.2 Å². The zero-order valence-corrected chi connectivity index (χ0v) is 18.7. The Morgan fingerprint density at radius 2 is 1.84 bits per heavy atom. The van der Waals surface area contributed by atoms with Crippen LogP contribution in [0.15, 0.2) is 48.5 Å². The van der Waals surface area contributed by atoms with Gasteiger partial charge >= 0.3 is 0 Å². The quantitative estimate of drug-likeness (QED) is 0.596. The molecule has 2 amide bonds. The van der Waals surface area contributed by atoms with E-state index in [0.29, 0.717) is 19.4 Å². The second-order valence-electron chi connectivity index (χ2n) is 8.11. The first-order valence-electron chi connectivity index (χ1n) is 11.1. The number of nitrogens with one attached hydrogen (secondary N) is 1. The molecule has 1 fully saturated rings. The summed E-state index contributed by atoms with van der Waals surface area (Å²) in [7, 11) is 0. The molecular formula is C25H30ClFN2O2. The number of carbonyl (C=O) groups excluding carboxylic acids is 2. The molecule has 1 atom stereocenters. The van der Waals surface area contributed by atoms with E-state index in [1.54, 1.807) is 11.0 Å². The third-order valence-electron chi connectivity index (χ3n) is 5.96. The highest BCUT2D eigenvalue weighted by atomic mass is 35.5. The lowest BCUT2D eigenvalue weighted by Crippen LogP contribution is -2.52. The number of hydrogen-bond donors (Lipinski definition) is 1. The summed E-state index contributed by atoms with van der Waals surface area (Å²) in [4.78, 5) is 28.0. The Labute approximate surface area is 188 Å². The minimum Gasteiger partial charge on any atom is -0.352 e. The van der Waals surface area contributed by atoms with E-state index in [1.165, 1.54) is 12.1 Å². The van der Waals surface area contributed by atoms with Crippen molar-refractivity contribution in [2.45, 2.75) is 64.0 Å². The Morgan fingerprint density at radius 3 is 2.48 bits per heavy atom. The van der Waals surface area contributed by atoms with Gasteiger partial charge in [0.2, 0.25) is 11.8 Å². The average Bonchev–Trinajstić information content (AvgIpc) is 3.27. The van der Waals surface area contributed by atoms with Gasteiger partial charge in [0.15, 0.2) is 0 Å². The second kappa shape index (κ2) is 11.3. The SMILES string of the molecule is CC[C@@H](C(=O)NC1CCCC1)N(CCc1ccccc1)C(=O)Cc1c(F)cccc1Cl. The molecule has 0 aromatic heterocycles. The fourth-order valence-electron chi connectivity index (χ4n) is 4.22. The van der Waals surface area contributed by atoms with Crippen molar-refractivity contribution in [3.8, 4) is 0 Å². The maximum atomic E-state index is 14.3. The summed E-state index contributed by atoms with van der Waals surface area (Å²) in [6.07, 6.45) is 5.12. The van der Waals surface area contributed by atoms with Crippen molar-refractivity contribution in [3.63, 3.8) is 0 Å². The molecular weight excluding hydrogens is 415 g/mol. The highest BCUT2D eigenvalue weighted by Gasteiger charge is 2.31. The van der Waals surface area contributed by atoms with Crippen LogP contribution in [0.25, 0.3) is 0 Å². The van der Waals surface area contributed by atoms with Gasteiger partial charge in [0.05, 0.1) is 6.42 Å². The second-order valence-corrected chi connectivity index (χ2v) is 8.52. The number of halogens is 2. The van der Waals surface area contributed by atoms with Crippen LogP contribution in [-0.2, 0) is 22.4 Å². The van der Waals surface area contributed by atoms with Crippen LogP contribution in [0.5, 0.6) is 0 Å². The topological polar surface area (TPSA) is 49.4 Å². The summed E-state index contributed by atoms with van der Waals surface area (Å²) in [5.41, 5.74) is 1.25. The Morgan fingerprint density at radius 1 is 1.13 bits per heavy atom. The highest BCUT2D eigenvalue weighted by molar-refractivity contribution is 6.31. The van der Waals surface area contributed by atoms with Crippen LogP contribution in [0.2, 0.25) is 5.02 Å². The van der Waals surface area contributed by atoms with E-state index in [0.717, 1.165) is 31.2 Å². The first-order valence-corrected chi connectivity index (χ1v) is 11.4. The van der Waals surface area contributed by atoms with Crippen LogP contribution in [0.3, 0.4) is 0 Å². The molecule has 2 aromatic rings. The van der Waals surface area contributed by atoms with Crippen molar-refractivity contribution in [3.05, 3.63) is 70.5 Å². The van der Waals surface area contributed by atoms with Crippen LogP contribution in [0, 0.1) is 5.82 Å². The number of nitrogens with zero attached hydrogens (tertiary/aromatic N) is 1. The third kappa shape index (κ3) is 6.30. The lowest BCUT2D eigenvalue weighted by Gasteiger charge is -2.31. The lowest BCUT2D eigenvalue weighted by molar-refractivity contribution is -0.140. The molecule has 0 radical (unpaired) electrons. The van der Waals surface area contributed by atoms with Gasteiger partial charge in [-0.05, 0) is 43.4 Å². The minimum absolute atomic E-state index is 0.129. The number of amides is 2. The van der Waals surface area contributed by atoms with E-state index in [2.05, 4.69) is 5.32 Å². The first-order chi connectivity index (χ1) is 15.0. The number of hydrogen-bond acceptors (Lipinski definition) is 2. The first kappa shape index (κ1) is 23.3. The van der Waals surface area contributed by atoms with Gasteiger partial charge in [-0.2, -0.15) is 0 Å². The summed E-state index contributed by atoms with van der Waals surface area (Å²) < 4.78 is 14.3. The molecule has 0 heterocycles. The van der Waals surface area contributed by atoms with Crippen molar-refractivity contribution in [2.75, 3.05) is 6.54 Å². The molecule has 3 rings (SSSR count). The number of carbonyl (C=O) groups is 2. The van der Waals surface area contributed by atoms with Crippen molar-refractivity contribution in [1.29, 1.82) is 0 Å². The van der Waals surface area contributed by atoms with Crippen LogP contribution >= 0.6 is 11.6 Å². The summed E-state index contributed by atoms with van der Waals surface area (Å²) >= 11 is 6.15. The molecule has 4 nitrogen and oxygen atoms in total. The summed E-state index contributed by atoms with van der Waals surface area (Å²) in [5.74, 6) is -0.931. The van der Waals surface area contributed by atoms with E-state index < -0.39 is 11.9 Å². The molecule has 1 aliphatic carbocycles. The van der Waals surface area contributed by atoms with Crippen molar-refractivity contribution in [1.82, 2.24) is 10.2 Å². The number of benzene rings is 2. The molecule has 1 N–H and O–H groups in total. The van der Waals surface area contributed by atoms with E-state index in [9.17, 15) is 14.0 Å². The van der Waals surface area contributed by atoms with Gasteiger partial charge in [-0.1, -0.05) is 67.8 Å². The van der Waals surface area contributed by atoms with Gasteiger partial charge < -0.3 is 10.2 Å². The molecule has 166 valence electrons. The Kier molecular flexibility index (Phi) is 8.47. The number of rotatable bonds is 9. The molecule has 1 aliphatic rings. The smallest absolute Gasteiger partial charge is 0.243 e. The lowest BCUT2D eigenvalue weighted by atomic mass is 10.1. The molecule has 0 aliphatic heterocycles. The van der Waals surface area contributed by atoms with Crippen molar-refractivity contribution < 1.29 is 14.0 Å². The average molecular weight is 445 g/mol. The molecule has 6 heteroatoms. The molecule has 1 saturated carbocycles. The molecule has 2 aromatic carbocycles. The van der Waals surface area contributed by atoms with Gasteiger partial charge in [-0.25, -0.2) is 4.39 Å². The fraction of sp³-hybridized carbons (Fsp3) is 0.440. The normalized spacial score (nSPS) is 14.9.